The highest BCUT2D eigenvalue weighted by molar-refractivity contribution is 7.99. The van der Waals surface area contributed by atoms with Gasteiger partial charge in [0.2, 0.25) is 5.89 Å². The fourth-order valence-electron chi connectivity index (χ4n) is 3.72. The van der Waals surface area contributed by atoms with E-state index in [2.05, 4.69) is 25.0 Å². The Bertz CT molecular complexity index is 1120. The van der Waals surface area contributed by atoms with Gasteiger partial charge in [-0.3, -0.25) is 4.90 Å². The van der Waals surface area contributed by atoms with Crippen LogP contribution in [0, 0.1) is 0 Å². The van der Waals surface area contributed by atoms with Gasteiger partial charge in [-0.2, -0.15) is 4.98 Å². The monoisotopic (exact) mass is 451 g/mol. The van der Waals surface area contributed by atoms with Crippen LogP contribution in [0.15, 0.2) is 62.6 Å². The molecule has 0 radical (unpaired) electrons. The number of nitrogens with zero attached hydrogens (tertiary/aromatic N) is 5. The number of anilines is 1. The van der Waals surface area contributed by atoms with E-state index in [-0.39, 0.29) is 0 Å². The normalized spacial score (nSPS) is 14.8. The van der Waals surface area contributed by atoms with Gasteiger partial charge in [0.05, 0.1) is 7.11 Å². The molecular formula is C23H25N5O3S. The zero-order valence-electron chi connectivity index (χ0n) is 17.9. The van der Waals surface area contributed by atoms with E-state index in [1.165, 1.54) is 0 Å². The van der Waals surface area contributed by atoms with Crippen LogP contribution in [-0.4, -0.2) is 65.7 Å². The van der Waals surface area contributed by atoms with Gasteiger partial charge in [0.1, 0.15) is 11.3 Å². The number of rotatable bonds is 8. The summed E-state index contributed by atoms with van der Waals surface area (Å²) in [5, 5.41) is 8.92. The lowest BCUT2D eigenvalue weighted by Crippen LogP contribution is -2.46. The van der Waals surface area contributed by atoms with Gasteiger partial charge < -0.3 is 18.5 Å². The summed E-state index contributed by atoms with van der Waals surface area (Å²) in [5.41, 5.74) is 2.65. The molecule has 1 aliphatic rings. The van der Waals surface area contributed by atoms with Crippen LogP contribution < -0.4 is 9.64 Å². The van der Waals surface area contributed by atoms with E-state index in [0.29, 0.717) is 11.1 Å². The molecule has 0 N–H and O–H groups in total. The number of oxazole rings is 1. The van der Waals surface area contributed by atoms with Crippen LogP contribution in [-0.2, 0) is 0 Å². The third-order valence-corrected chi connectivity index (χ3v) is 6.42. The molecule has 5 rings (SSSR count). The van der Waals surface area contributed by atoms with Crippen molar-refractivity contribution in [3.05, 3.63) is 48.5 Å². The molecule has 0 aliphatic carbocycles. The molecule has 32 heavy (non-hydrogen) atoms. The number of piperazine rings is 1. The fourth-order valence-corrected chi connectivity index (χ4v) is 4.41. The Morgan fingerprint density at radius 3 is 2.56 bits per heavy atom. The highest BCUT2D eigenvalue weighted by Gasteiger charge is 2.20. The summed E-state index contributed by atoms with van der Waals surface area (Å²) in [6.07, 6.45) is 1.06. The molecule has 9 heteroatoms. The van der Waals surface area contributed by atoms with Crippen LogP contribution in [0.3, 0.4) is 0 Å². The molecule has 1 aliphatic heterocycles. The van der Waals surface area contributed by atoms with Crippen LogP contribution in [0.5, 0.6) is 5.75 Å². The lowest BCUT2D eigenvalue weighted by Gasteiger charge is -2.33. The summed E-state index contributed by atoms with van der Waals surface area (Å²) in [7, 11) is 1.65. The Kier molecular flexibility index (Phi) is 6.27. The summed E-state index contributed by atoms with van der Waals surface area (Å²) < 4.78 is 16.9. The molecule has 1 saturated heterocycles. The average molecular weight is 452 g/mol. The van der Waals surface area contributed by atoms with Crippen molar-refractivity contribution in [1.82, 2.24) is 20.1 Å². The second kappa shape index (κ2) is 9.62. The molecule has 2 aromatic carbocycles. The SMILES string of the molecule is COc1ccc(-c2nnc(SCCCN3CCN(c4nc5ccccc5o4)CC3)o2)cc1. The maximum absolute atomic E-state index is 5.90. The average Bonchev–Trinajstić information content (AvgIpc) is 3.50. The van der Waals surface area contributed by atoms with E-state index in [0.717, 1.165) is 73.3 Å². The van der Waals surface area contributed by atoms with Gasteiger partial charge in [0.25, 0.3) is 11.2 Å². The van der Waals surface area contributed by atoms with Gasteiger partial charge in [0.15, 0.2) is 5.58 Å². The second-order valence-electron chi connectivity index (χ2n) is 7.60. The lowest BCUT2D eigenvalue weighted by atomic mass is 10.2. The van der Waals surface area contributed by atoms with E-state index < -0.39 is 0 Å². The molecule has 0 unspecified atom stereocenters. The first-order chi connectivity index (χ1) is 15.8. The molecular weight excluding hydrogens is 426 g/mol. The number of hydrogen-bond acceptors (Lipinski definition) is 9. The van der Waals surface area contributed by atoms with Crippen molar-refractivity contribution in [2.24, 2.45) is 0 Å². The highest BCUT2D eigenvalue weighted by atomic mass is 32.2. The summed E-state index contributed by atoms with van der Waals surface area (Å²) >= 11 is 1.60. The zero-order chi connectivity index (χ0) is 21.8. The third kappa shape index (κ3) is 4.73. The predicted octanol–water partition coefficient (Wildman–Crippen LogP) is 4.19. The van der Waals surface area contributed by atoms with Crippen LogP contribution >= 0.6 is 11.8 Å². The molecule has 0 saturated carbocycles. The van der Waals surface area contributed by atoms with Crippen LogP contribution in [0.2, 0.25) is 0 Å². The number of hydrogen-bond donors (Lipinski definition) is 0. The molecule has 0 spiro atoms. The number of ether oxygens (including phenoxy) is 1. The van der Waals surface area contributed by atoms with Gasteiger partial charge in [0, 0.05) is 37.5 Å². The maximum Gasteiger partial charge on any atom is 0.298 e. The second-order valence-corrected chi connectivity index (χ2v) is 8.64. The first-order valence-corrected chi connectivity index (χ1v) is 11.7. The summed E-state index contributed by atoms with van der Waals surface area (Å²) in [6, 6.07) is 16.2. The molecule has 166 valence electrons. The van der Waals surface area contributed by atoms with Crippen molar-refractivity contribution >= 4 is 28.9 Å². The fraction of sp³-hybridized carbons (Fsp3) is 0.348. The Morgan fingerprint density at radius 2 is 1.78 bits per heavy atom. The quantitative estimate of drug-likeness (QED) is 0.289. The first kappa shape index (κ1) is 20.8. The van der Waals surface area contributed by atoms with Crippen LogP contribution in [0.25, 0.3) is 22.6 Å². The zero-order valence-corrected chi connectivity index (χ0v) is 18.8. The van der Waals surface area contributed by atoms with Gasteiger partial charge in [-0.25, -0.2) is 0 Å². The van der Waals surface area contributed by atoms with E-state index in [1.54, 1.807) is 18.9 Å². The Morgan fingerprint density at radius 1 is 0.969 bits per heavy atom. The van der Waals surface area contributed by atoms with Crippen molar-refractivity contribution < 1.29 is 13.6 Å². The van der Waals surface area contributed by atoms with Gasteiger partial charge in [-0.1, -0.05) is 23.9 Å². The first-order valence-electron chi connectivity index (χ1n) is 10.7. The number of methoxy groups -OCH3 is 1. The largest absolute Gasteiger partial charge is 0.497 e. The van der Waals surface area contributed by atoms with E-state index in [1.807, 2.05) is 48.5 Å². The van der Waals surface area contributed by atoms with Crippen LogP contribution in [0.1, 0.15) is 6.42 Å². The smallest absolute Gasteiger partial charge is 0.298 e. The van der Waals surface area contributed by atoms with Crippen molar-refractivity contribution in [1.29, 1.82) is 0 Å². The van der Waals surface area contributed by atoms with Crippen molar-refractivity contribution in [3.63, 3.8) is 0 Å². The molecule has 4 aromatic rings. The summed E-state index contributed by atoms with van der Waals surface area (Å²) in [4.78, 5) is 9.32. The van der Waals surface area contributed by atoms with E-state index in [4.69, 9.17) is 13.6 Å². The third-order valence-electron chi connectivity index (χ3n) is 5.51. The van der Waals surface area contributed by atoms with Gasteiger partial charge in [-0.15, -0.1) is 10.2 Å². The summed E-state index contributed by atoms with van der Waals surface area (Å²) in [6.45, 7) is 4.91. The Labute approximate surface area is 190 Å². The van der Waals surface area contributed by atoms with Crippen LogP contribution in [0.4, 0.5) is 6.01 Å². The minimum atomic E-state index is 0.533. The van der Waals surface area contributed by atoms with E-state index >= 15 is 0 Å². The molecule has 2 aromatic heterocycles. The topological polar surface area (TPSA) is 80.7 Å². The molecule has 0 atom stereocenters. The highest BCUT2D eigenvalue weighted by Crippen LogP contribution is 2.26. The minimum Gasteiger partial charge on any atom is -0.497 e. The summed E-state index contributed by atoms with van der Waals surface area (Å²) in [5.74, 6) is 2.28. The Hall–Kier alpha value is -3.04. The van der Waals surface area contributed by atoms with Gasteiger partial charge in [-0.05, 0) is 49.4 Å². The minimum absolute atomic E-state index is 0.533. The molecule has 8 nitrogen and oxygen atoms in total. The molecule has 0 bridgehead atoms. The predicted molar refractivity (Wildman–Crippen MR) is 124 cm³/mol. The van der Waals surface area contributed by atoms with E-state index in [9.17, 15) is 0 Å². The number of aromatic nitrogens is 3. The van der Waals surface area contributed by atoms with Crippen molar-refractivity contribution in [2.45, 2.75) is 11.6 Å². The molecule has 1 fully saturated rings. The lowest BCUT2D eigenvalue weighted by molar-refractivity contribution is 0.254. The number of fused-ring (bicyclic) bond motifs is 1. The maximum atomic E-state index is 5.90. The van der Waals surface area contributed by atoms with Crippen molar-refractivity contribution in [3.8, 4) is 17.2 Å². The molecule has 3 heterocycles. The van der Waals surface area contributed by atoms with Gasteiger partial charge >= 0.3 is 0 Å². The standard InChI is InChI=1S/C23H25N5O3S/c1-29-18-9-7-17(8-10-18)21-25-26-23(31-21)32-16-4-11-27-12-14-28(15-13-27)22-24-19-5-2-3-6-20(19)30-22/h2-3,5-10H,4,11-16H2,1H3. The number of para-hydroxylation sites is 2. The Balaban J connectivity index is 1.04. The number of thioether (sulfide) groups is 1. The molecule has 0 amide bonds. The van der Waals surface area contributed by atoms with Crippen molar-refractivity contribution in [2.75, 3.05) is 50.5 Å². The number of benzene rings is 2.